The van der Waals surface area contributed by atoms with Gasteiger partial charge in [-0.2, -0.15) is 0 Å². The topological polar surface area (TPSA) is 61.9 Å². The summed E-state index contributed by atoms with van der Waals surface area (Å²) in [5.41, 5.74) is 3.06. The van der Waals surface area contributed by atoms with Gasteiger partial charge in [0.2, 0.25) is 0 Å². The fourth-order valence-corrected chi connectivity index (χ4v) is 1.65. The fourth-order valence-electron chi connectivity index (χ4n) is 1.65. The van der Waals surface area contributed by atoms with Gasteiger partial charge in [0.15, 0.2) is 0 Å². The molecule has 95 valence electrons. The molecule has 1 aliphatic heterocycles. The number of amides is 3. The van der Waals surface area contributed by atoms with Gasteiger partial charge in [-0.1, -0.05) is 18.2 Å². The van der Waals surface area contributed by atoms with Crippen molar-refractivity contribution in [3.8, 4) is 0 Å². The predicted octanol–water partition coefficient (Wildman–Crippen LogP) is 0.517. The highest BCUT2D eigenvalue weighted by Gasteiger charge is 2.19. The first-order valence-corrected chi connectivity index (χ1v) is 5.67. The summed E-state index contributed by atoms with van der Waals surface area (Å²) in [5, 5.41) is 1.04. The number of morpholine rings is 1. The van der Waals surface area contributed by atoms with E-state index in [1.807, 2.05) is 6.07 Å². The number of carbonyl (C=O) groups excluding carboxylic acids is 2. The zero-order valence-corrected chi connectivity index (χ0v) is 9.83. The molecule has 3 amide bonds. The molecule has 1 N–H and O–H groups in total. The summed E-state index contributed by atoms with van der Waals surface area (Å²) in [6, 6.07) is 8.48. The van der Waals surface area contributed by atoms with E-state index in [9.17, 15) is 9.59 Å². The maximum Gasteiger partial charge on any atom is 0.337 e. The smallest absolute Gasteiger partial charge is 0.337 e. The number of carbonyl (C=O) groups is 1. The molecule has 1 saturated heterocycles. The van der Waals surface area contributed by atoms with E-state index in [2.05, 4.69) is 5.43 Å². The lowest BCUT2D eigenvalue weighted by atomic mass is 10.3. The van der Waals surface area contributed by atoms with Gasteiger partial charge in [0.25, 0.3) is 0 Å². The number of hydrazine groups is 1. The molecular weight excluding hydrogens is 234 g/mol. The number of benzene rings is 1. The third-order valence-electron chi connectivity index (χ3n) is 2.61. The molecule has 0 aliphatic carbocycles. The van der Waals surface area contributed by atoms with Crippen LogP contribution in [0.2, 0.25) is 0 Å². The van der Waals surface area contributed by atoms with E-state index in [0.717, 1.165) is 5.01 Å². The van der Waals surface area contributed by atoms with Crippen molar-refractivity contribution in [1.82, 2.24) is 10.3 Å². The van der Waals surface area contributed by atoms with Gasteiger partial charge in [-0.3, -0.25) is 4.79 Å². The second kappa shape index (κ2) is 6.02. The molecule has 1 heterocycles. The van der Waals surface area contributed by atoms with Crippen molar-refractivity contribution >= 4 is 18.1 Å². The number of para-hydroxylation sites is 1. The van der Waals surface area contributed by atoms with Crippen molar-refractivity contribution in [2.75, 3.05) is 31.3 Å². The van der Waals surface area contributed by atoms with E-state index >= 15 is 0 Å². The zero-order valence-electron chi connectivity index (χ0n) is 9.83. The first-order valence-electron chi connectivity index (χ1n) is 5.67. The molecule has 1 aliphatic rings. The fraction of sp³-hybridized carbons (Fsp3) is 0.333. The number of nitrogens with one attached hydrogen (secondary N) is 1. The van der Waals surface area contributed by atoms with Gasteiger partial charge in [-0.15, -0.1) is 0 Å². The number of hydrogen-bond donors (Lipinski definition) is 1. The van der Waals surface area contributed by atoms with Gasteiger partial charge in [-0.05, 0) is 12.1 Å². The summed E-state index contributed by atoms with van der Waals surface area (Å²) in [6.07, 6.45) is 1.68. The van der Waals surface area contributed by atoms with E-state index in [1.165, 1.54) is 0 Å². The molecule has 0 bridgehead atoms. The highest BCUT2D eigenvalue weighted by molar-refractivity contribution is 5.84. The second-order valence-electron chi connectivity index (χ2n) is 3.78. The molecule has 0 unspecified atom stereocenters. The molecule has 1 aromatic rings. The minimum atomic E-state index is -0.328. The predicted molar refractivity (Wildman–Crippen MR) is 65.5 cm³/mol. The minimum Gasteiger partial charge on any atom is -0.378 e. The van der Waals surface area contributed by atoms with Gasteiger partial charge in [0, 0.05) is 13.1 Å². The van der Waals surface area contributed by atoms with Gasteiger partial charge < -0.3 is 9.64 Å². The normalized spacial score (nSPS) is 15.0. The first-order chi connectivity index (χ1) is 8.81. The molecule has 0 aromatic heterocycles. The van der Waals surface area contributed by atoms with Crippen molar-refractivity contribution in [3.05, 3.63) is 30.3 Å². The Morgan fingerprint density at radius 3 is 2.56 bits per heavy atom. The molecular formula is C12H14N3O3. The van der Waals surface area contributed by atoms with Crippen LogP contribution >= 0.6 is 0 Å². The van der Waals surface area contributed by atoms with Crippen LogP contribution in [-0.4, -0.2) is 43.6 Å². The summed E-state index contributed by atoms with van der Waals surface area (Å²) in [4.78, 5) is 24.3. The Kier molecular flexibility index (Phi) is 4.14. The summed E-state index contributed by atoms with van der Waals surface area (Å²) in [6.45, 7) is 2.08. The number of ether oxygens (including phenoxy) is 1. The molecule has 1 aromatic carbocycles. The summed E-state index contributed by atoms with van der Waals surface area (Å²) < 4.78 is 5.15. The molecule has 1 fully saturated rings. The molecule has 0 saturated carbocycles. The van der Waals surface area contributed by atoms with Gasteiger partial charge >= 0.3 is 12.4 Å². The van der Waals surface area contributed by atoms with Crippen LogP contribution in [-0.2, 0) is 9.53 Å². The van der Waals surface area contributed by atoms with Gasteiger partial charge in [0.1, 0.15) is 0 Å². The standard InChI is InChI=1S/C12H14N3O3/c16-10-15(11-4-2-1-3-5-11)13-12(17)14-6-8-18-9-7-14/h1-5H,6-9H2,(H,13,17). The van der Waals surface area contributed by atoms with E-state index in [0.29, 0.717) is 32.0 Å². The minimum absolute atomic E-state index is 0.328. The van der Waals surface area contributed by atoms with Gasteiger partial charge in [0.05, 0.1) is 18.9 Å². The third kappa shape index (κ3) is 2.98. The summed E-state index contributed by atoms with van der Waals surface area (Å²) in [7, 11) is 0. The van der Waals surface area contributed by atoms with Crippen LogP contribution in [0, 0.1) is 0 Å². The van der Waals surface area contributed by atoms with Gasteiger partial charge in [-0.25, -0.2) is 15.2 Å². The summed E-state index contributed by atoms with van der Waals surface area (Å²) >= 11 is 0. The van der Waals surface area contributed by atoms with Crippen LogP contribution in [0.3, 0.4) is 0 Å². The quantitative estimate of drug-likeness (QED) is 0.626. The van der Waals surface area contributed by atoms with Crippen LogP contribution in [0.25, 0.3) is 0 Å². The monoisotopic (exact) mass is 248 g/mol. The Hall–Kier alpha value is -2.08. The molecule has 6 nitrogen and oxygen atoms in total. The number of hydrogen-bond acceptors (Lipinski definition) is 3. The molecule has 6 heteroatoms. The lowest BCUT2D eigenvalue weighted by molar-refractivity contribution is 0.0533. The van der Waals surface area contributed by atoms with Crippen LogP contribution in [0.5, 0.6) is 0 Å². The molecule has 18 heavy (non-hydrogen) atoms. The lowest BCUT2D eigenvalue weighted by Gasteiger charge is -2.28. The Morgan fingerprint density at radius 2 is 1.94 bits per heavy atom. The van der Waals surface area contributed by atoms with Crippen molar-refractivity contribution in [2.24, 2.45) is 0 Å². The van der Waals surface area contributed by atoms with Crippen LogP contribution in [0.1, 0.15) is 0 Å². The van der Waals surface area contributed by atoms with E-state index < -0.39 is 0 Å². The number of urea groups is 1. The highest BCUT2D eigenvalue weighted by atomic mass is 16.5. The first kappa shape index (κ1) is 12.4. The molecule has 0 spiro atoms. The second-order valence-corrected chi connectivity index (χ2v) is 3.78. The Balaban J connectivity index is 1.98. The third-order valence-corrected chi connectivity index (χ3v) is 2.61. The van der Waals surface area contributed by atoms with Crippen molar-refractivity contribution in [2.45, 2.75) is 0 Å². The number of nitrogens with zero attached hydrogens (tertiary/aromatic N) is 2. The Labute approximate surface area is 105 Å². The molecule has 0 atom stereocenters. The maximum absolute atomic E-state index is 11.9. The Morgan fingerprint density at radius 1 is 1.28 bits per heavy atom. The number of rotatable bonds is 3. The van der Waals surface area contributed by atoms with Crippen molar-refractivity contribution < 1.29 is 14.3 Å². The van der Waals surface area contributed by atoms with Crippen LogP contribution in [0.15, 0.2) is 30.3 Å². The highest BCUT2D eigenvalue weighted by Crippen LogP contribution is 2.09. The lowest BCUT2D eigenvalue weighted by Crippen LogP contribution is -2.52. The van der Waals surface area contributed by atoms with E-state index in [-0.39, 0.29) is 6.03 Å². The van der Waals surface area contributed by atoms with E-state index in [4.69, 9.17) is 4.74 Å². The molecule has 2 rings (SSSR count). The Bertz CT molecular complexity index is 404. The summed E-state index contributed by atoms with van der Waals surface area (Å²) in [5.74, 6) is 0. The van der Waals surface area contributed by atoms with Crippen LogP contribution in [0.4, 0.5) is 10.5 Å². The zero-order chi connectivity index (χ0) is 12.8. The average molecular weight is 248 g/mol. The van der Waals surface area contributed by atoms with Crippen molar-refractivity contribution in [1.29, 1.82) is 0 Å². The van der Waals surface area contributed by atoms with Crippen LogP contribution < -0.4 is 10.4 Å². The van der Waals surface area contributed by atoms with Crippen molar-refractivity contribution in [3.63, 3.8) is 0 Å². The average Bonchev–Trinajstić information content (AvgIpc) is 2.46. The number of anilines is 1. The van der Waals surface area contributed by atoms with E-state index in [1.54, 1.807) is 35.6 Å². The molecule has 1 radical (unpaired) electrons. The maximum atomic E-state index is 11.9. The SMILES string of the molecule is O=[C]N(NC(=O)N1CCOCC1)c1ccccc1. The largest absolute Gasteiger partial charge is 0.378 e.